The molecule has 1 unspecified atom stereocenters. The van der Waals surface area contributed by atoms with Crippen molar-refractivity contribution >= 4 is 23.2 Å². The Morgan fingerprint density at radius 3 is 3.00 bits per heavy atom. The molecule has 2 rings (SSSR count). The number of carbonyl (C=O) groups is 1. The van der Waals surface area contributed by atoms with E-state index in [1.807, 2.05) is 0 Å². The largest absolute Gasteiger partial charge is 0.308 e. The van der Waals surface area contributed by atoms with Crippen LogP contribution in [0.3, 0.4) is 0 Å². The number of hydrogen-bond donors (Lipinski definition) is 1. The van der Waals surface area contributed by atoms with E-state index in [4.69, 9.17) is 11.6 Å². The molecule has 1 fully saturated rings. The topological polar surface area (TPSA) is 32.3 Å². The molecule has 1 saturated heterocycles. The number of benzene rings is 1. The van der Waals surface area contributed by atoms with Crippen LogP contribution in [0.15, 0.2) is 18.2 Å². The second-order valence-electron chi connectivity index (χ2n) is 4.73. The Balaban J connectivity index is 2.17. The fourth-order valence-corrected chi connectivity index (χ4v) is 2.48. The summed E-state index contributed by atoms with van der Waals surface area (Å²) in [6.07, 6.45) is 2.65. The van der Waals surface area contributed by atoms with Gasteiger partial charge in [-0.1, -0.05) is 18.5 Å². The van der Waals surface area contributed by atoms with Crippen molar-refractivity contribution in [2.24, 2.45) is 0 Å². The number of rotatable bonds is 4. The van der Waals surface area contributed by atoms with Gasteiger partial charge in [0.25, 0.3) is 0 Å². The predicted octanol–water partition coefficient (Wildman–Crippen LogP) is 2.97. The van der Waals surface area contributed by atoms with Crippen LogP contribution in [-0.2, 0) is 4.79 Å². The van der Waals surface area contributed by atoms with Gasteiger partial charge in [-0.05, 0) is 44.0 Å². The van der Waals surface area contributed by atoms with Crippen molar-refractivity contribution in [3.05, 3.63) is 29.0 Å². The van der Waals surface area contributed by atoms with Crippen LogP contribution in [0, 0.1) is 5.82 Å². The van der Waals surface area contributed by atoms with Crippen molar-refractivity contribution in [3.63, 3.8) is 0 Å². The van der Waals surface area contributed by atoms with Crippen molar-refractivity contribution < 1.29 is 9.18 Å². The highest BCUT2D eigenvalue weighted by molar-refractivity contribution is 6.30. The third kappa shape index (κ3) is 3.25. The minimum Gasteiger partial charge on any atom is -0.308 e. The van der Waals surface area contributed by atoms with E-state index in [1.165, 1.54) is 11.0 Å². The summed E-state index contributed by atoms with van der Waals surface area (Å²) in [7, 11) is 0. The van der Waals surface area contributed by atoms with Crippen molar-refractivity contribution in [1.82, 2.24) is 5.32 Å². The zero-order valence-electron chi connectivity index (χ0n) is 11.0. The van der Waals surface area contributed by atoms with Crippen LogP contribution in [0.4, 0.5) is 10.1 Å². The molecule has 0 aliphatic carbocycles. The van der Waals surface area contributed by atoms with E-state index in [0.29, 0.717) is 17.3 Å². The first kappa shape index (κ1) is 14.3. The van der Waals surface area contributed by atoms with E-state index >= 15 is 0 Å². The van der Waals surface area contributed by atoms with Crippen molar-refractivity contribution in [2.75, 3.05) is 18.0 Å². The molecule has 0 spiro atoms. The molecule has 5 heteroatoms. The number of anilines is 1. The molecule has 1 aliphatic rings. The van der Waals surface area contributed by atoms with Gasteiger partial charge in [0.05, 0.1) is 11.7 Å². The number of hydrogen-bond acceptors (Lipinski definition) is 2. The highest BCUT2D eigenvalue weighted by Gasteiger charge is 2.30. The van der Waals surface area contributed by atoms with E-state index in [2.05, 4.69) is 12.2 Å². The Kier molecular flexibility index (Phi) is 4.77. The van der Waals surface area contributed by atoms with Crippen molar-refractivity contribution in [1.29, 1.82) is 0 Å². The van der Waals surface area contributed by atoms with Crippen molar-refractivity contribution in [3.8, 4) is 0 Å². The molecule has 3 nitrogen and oxygen atoms in total. The lowest BCUT2D eigenvalue weighted by molar-refractivity contribution is -0.121. The lowest BCUT2D eigenvalue weighted by Crippen LogP contribution is -2.51. The molecular formula is C14H18ClFN2O. The zero-order chi connectivity index (χ0) is 13.8. The van der Waals surface area contributed by atoms with Gasteiger partial charge in [-0.3, -0.25) is 4.79 Å². The van der Waals surface area contributed by atoms with Gasteiger partial charge in [0.2, 0.25) is 5.91 Å². The molecule has 1 aliphatic heterocycles. The van der Waals surface area contributed by atoms with E-state index < -0.39 is 5.82 Å². The molecular weight excluding hydrogens is 267 g/mol. The average Bonchev–Trinajstić information content (AvgIpc) is 2.38. The fraction of sp³-hybridized carbons (Fsp3) is 0.500. The van der Waals surface area contributed by atoms with Gasteiger partial charge in [-0.2, -0.15) is 0 Å². The van der Waals surface area contributed by atoms with Gasteiger partial charge in [0, 0.05) is 11.6 Å². The molecule has 0 bridgehead atoms. The number of piperidine rings is 1. The molecule has 0 aromatic heterocycles. The minimum absolute atomic E-state index is 0.0547. The molecule has 0 radical (unpaired) electrons. The Morgan fingerprint density at radius 1 is 1.53 bits per heavy atom. The highest BCUT2D eigenvalue weighted by Crippen LogP contribution is 2.26. The molecule has 0 saturated carbocycles. The van der Waals surface area contributed by atoms with Crippen LogP contribution in [0.1, 0.15) is 26.2 Å². The average molecular weight is 285 g/mol. The summed E-state index contributed by atoms with van der Waals surface area (Å²) in [6, 6.07) is 4.21. The summed E-state index contributed by atoms with van der Waals surface area (Å²) in [6.45, 7) is 3.41. The molecule has 1 amide bonds. The number of carbonyl (C=O) groups excluding carboxylic acids is 1. The number of nitrogens with zero attached hydrogens (tertiary/aromatic N) is 1. The standard InChI is InChI=1S/C14H18ClFN2O/c1-2-7-17-12-4-3-8-18(14(12)19)13-6-5-10(15)9-11(13)16/h5-6,9,12,17H,2-4,7-8H2,1H3. The highest BCUT2D eigenvalue weighted by atomic mass is 35.5. The first-order valence-electron chi connectivity index (χ1n) is 6.63. The summed E-state index contributed by atoms with van der Waals surface area (Å²) in [5, 5.41) is 3.55. The van der Waals surface area contributed by atoms with Gasteiger partial charge < -0.3 is 10.2 Å². The van der Waals surface area contributed by atoms with Gasteiger partial charge in [-0.15, -0.1) is 0 Å². The second-order valence-corrected chi connectivity index (χ2v) is 5.17. The normalized spacial score (nSPS) is 19.8. The summed E-state index contributed by atoms with van der Waals surface area (Å²) >= 11 is 5.73. The first-order valence-corrected chi connectivity index (χ1v) is 7.01. The van der Waals surface area contributed by atoms with E-state index in [0.717, 1.165) is 25.8 Å². The zero-order valence-corrected chi connectivity index (χ0v) is 11.7. The van der Waals surface area contributed by atoms with Crippen LogP contribution in [0.2, 0.25) is 5.02 Å². The molecule has 1 aromatic carbocycles. The lowest BCUT2D eigenvalue weighted by atomic mass is 10.0. The smallest absolute Gasteiger partial charge is 0.244 e. The Bertz CT molecular complexity index is 467. The quantitative estimate of drug-likeness (QED) is 0.922. The van der Waals surface area contributed by atoms with Gasteiger partial charge in [0.1, 0.15) is 5.82 Å². The first-order chi connectivity index (χ1) is 9.13. The second kappa shape index (κ2) is 6.35. The molecule has 1 N–H and O–H groups in total. The van der Waals surface area contributed by atoms with E-state index in [-0.39, 0.29) is 11.9 Å². The third-order valence-electron chi connectivity index (χ3n) is 3.28. The van der Waals surface area contributed by atoms with Gasteiger partial charge in [-0.25, -0.2) is 4.39 Å². The maximum atomic E-state index is 13.9. The van der Waals surface area contributed by atoms with Gasteiger partial charge in [0.15, 0.2) is 0 Å². The van der Waals surface area contributed by atoms with E-state index in [9.17, 15) is 9.18 Å². The Morgan fingerprint density at radius 2 is 2.32 bits per heavy atom. The monoisotopic (exact) mass is 284 g/mol. The third-order valence-corrected chi connectivity index (χ3v) is 3.52. The molecule has 1 atom stereocenters. The Hall–Kier alpha value is -1.13. The summed E-state index contributed by atoms with van der Waals surface area (Å²) in [5.74, 6) is -0.502. The van der Waals surface area contributed by atoms with Crippen molar-refractivity contribution in [2.45, 2.75) is 32.2 Å². The molecule has 104 valence electrons. The number of amides is 1. The van der Waals surface area contributed by atoms with Crippen LogP contribution >= 0.6 is 11.6 Å². The Labute approximate surface area is 117 Å². The maximum absolute atomic E-state index is 13.9. The van der Waals surface area contributed by atoms with Crippen LogP contribution < -0.4 is 10.2 Å². The number of nitrogens with one attached hydrogen (secondary N) is 1. The summed E-state index contributed by atoms with van der Waals surface area (Å²) in [5.41, 5.74) is 0.317. The number of halogens is 2. The predicted molar refractivity (Wildman–Crippen MR) is 75.1 cm³/mol. The molecule has 1 aromatic rings. The van der Waals surface area contributed by atoms with E-state index in [1.54, 1.807) is 12.1 Å². The molecule has 1 heterocycles. The summed E-state index contributed by atoms with van der Waals surface area (Å²) < 4.78 is 13.9. The molecule has 19 heavy (non-hydrogen) atoms. The maximum Gasteiger partial charge on any atom is 0.244 e. The fourth-order valence-electron chi connectivity index (χ4n) is 2.32. The van der Waals surface area contributed by atoms with Gasteiger partial charge >= 0.3 is 0 Å². The minimum atomic E-state index is -0.447. The van der Waals surface area contributed by atoms with Crippen LogP contribution in [0.5, 0.6) is 0 Å². The lowest BCUT2D eigenvalue weighted by Gasteiger charge is -2.33. The van der Waals surface area contributed by atoms with Crippen LogP contribution in [-0.4, -0.2) is 25.0 Å². The SMILES string of the molecule is CCCNC1CCCN(c2ccc(Cl)cc2F)C1=O. The summed E-state index contributed by atoms with van der Waals surface area (Å²) in [4.78, 5) is 13.8. The van der Waals surface area contributed by atoms with Crippen LogP contribution in [0.25, 0.3) is 0 Å².